The second-order valence-electron chi connectivity index (χ2n) is 5.60. The standard InChI is InChI=1S/C19H17N3O4/c1-12(23)21-16-8-6-13(7-9-16)18(24)22-17(19(25)26)10-14-4-2-3-5-15(14)11-20/h2-9,17H,10H2,1H3,(H,21,23)(H,22,24)(H,25,26)/t17-/m0/s1. The van der Waals surface area contributed by atoms with Crippen molar-refractivity contribution in [1.82, 2.24) is 5.32 Å². The van der Waals surface area contributed by atoms with Gasteiger partial charge >= 0.3 is 5.97 Å². The SMILES string of the molecule is CC(=O)Nc1ccc(C(=O)N[C@@H](Cc2ccccc2C#N)C(=O)O)cc1. The van der Waals surface area contributed by atoms with Gasteiger partial charge in [0.05, 0.1) is 11.6 Å². The van der Waals surface area contributed by atoms with Crippen molar-refractivity contribution in [2.75, 3.05) is 5.32 Å². The Labute approximate surface area is 150 Å². The molecule has 0 heterocycles. The van der Waals surface area contributed by atoms with Gasteiger partial charge in [0.15, 0.2) is 0 Å². The molecule has 7 nitrogen and oxygen atoms in total. The van der Waals surface area contributed by atoms with Crippen molar-refractivity contribution in [2.45, 2.75) is 19.4 Å². The average molecular weight is 351 g/mol. The number of nitrogens with one attached hydrogen (secondary N) is 2. The van der Waals surface area contributed by atoms with E-state index in [1.54, 1.807) is 36.4 Å². The fourth-order valence-electron chi connectivity index (χ4n) is 2.38. The van der Waals surface area contributed by atoms with Crippen molar-refractivity contribution in [3.05, 3.63) is 65.2 Å². The highest BCUT2D eigenvalue weighted by Crippen LogP contribution is 2.12. The summed E-state index contributed by atoms with van der Waals surface area (Å²) in [5.74, 6) is -1.98. The van der Waals surface area contributed by atoms with Gasteiger partial charge in [0.2, 0.25) is 5.91 Å². The minimum atomic E-state index is -1.19. The maximum Gasteiger partial charge on any atom is 0.326 e. The van der Waals surface area contributed by atoms with Crippen LogP contribution in [0.25, 0.3) is 0 Å². The fourth-order valence-corrected chi connectivity index (χ4v) is 2.38. The quantitative estimate of drug-likeness (QED) is 0.735. The Bertz CT molecular complexity index is 869. The van der Waals surface area contributed by atoms with Crippen LogP contribution >= 0.6 is 0 Å². The number of carboxylic acids is 1. The highest BCUT2D eigenvalue weighted by atomic mass is 16.4. The van der Waals surface area contributed by atoms with Crippen LogP contribution in [0.1, 0.15) is 28.4 Å². The molecule has 0 spiro atoms. The Morgan fingerprint density at radius 3 is 2.35 bits per heavy atom. The number of nitrogens with zero attached hydrogens (tertiary/aromatic N) is 1. The molecule has 0 aromatic heterocycles. The van der Waals surface area contributed by atoms with E-state index in [0.717, 1.165) is 0 Å². The molecule has 1 atom stereocenters. The summed E-state index contributed by atoms with van der Waals surface area (Å²) in [6.07, 6.45) is -0.00518. The van der Waals surface area contributed by atoms with Gasteiger partial charge in [-0.3, -0.25) is 9.59 Å². The molecule has 2 aromatic rings. The van der Waals surface area contributed by atoms with Crippen LogP contribution in [0, 0.1) is 11.3 Å². The molecule has 132 valence electrons. The number of hydrogen-bond donors (Lipinski definition) is 3. The number of carbonyl (C=O) groups is 3. The first kappa shape index (κ1) is 18.7. The molecule has 3 N–H and O–H groups in total. The van der Waals surface area contributed by atoms with Crippen molar-refractivity contribution in [1.29, 1.82) is 5.26 Å². The van der Waals surface area contributed by atoms with E-state index in [2.05, 4.69) is 10.6 Å². The summed E-state index contributed by atoms with van der Waals surface area (Å²) in [4.78, 5) is 34.8. The maximum atomic E-state index is 12.3. The summed E-state index contributed by atoms with van der Waals surface area (Å²) in [5.41, 5.74) is 1.71. The van der Waals surface area contributed by atoms with Gasteiger partial charge in [0.25, 0.3) is 5.91 Å². The van der Waals surface area contributed by atoms with E-state index < -0.39 is 17.9 Å². The summed E-state index contributed by atoms with van der Waals surface area (Å²) >= 11 is 0. The van der Waals surface area contributed by atoms with Crippen molar-refractivity contribution in [3.8, 4) is 6.07 Å². The lowest BCUT2D eigenvalue weighted by Crippen LogP contribution is -2.42. The summed E-state index contributed by atoms with van der Waals surface area (Å²) in [5, 5.41) is 23.5. The van der Waals surface area contributed by atoms with E-state index >= 15 is 0 Å². The fraction of sp³-hybridized carbons (Fsp3) is 0.158. The molecule has 2 rings (SSSR count). The van der Waals surface area contributed by atoms with Crippen LogP contribution in [0.5, 0.6) is 0 Å². The lowest BCUT2D eigenvalue weighted by molar-refractivity contribution is -0.139. The molecule has 0 saturated carbocycles. The first-order valence-electron chi connectivity index (χ1n) is 7.80. The molecule has 0 fully saturated rings. The maximum absolute atomic E-state index is 12.3. The number of hydrogen-bond acceptors (Lipinski definition) is 4. The number of amides is 2. The van der Waals surface area contributed by atoms with E-state index in [0.29, 0.717) is 16.8 Å². The summed E-state index contributed by atoms with van der Waals surface area (Å²) in [7, 11) is 0. The Balaban J connectivity index is 2.12. The van der Waals surface area contributed by atoms with Crippen LogP contribution in [0.3, 0.4) is 0 Å². The zero-order chi connectivity index (χ0) is 19.1. The van der Waals surface area contributed by atoms with Gasteiger partial charge in [-0.25, -0.2) is 4.79 Å². The predicted molar refractivity (Wildman–Crippen MR) is 94.5 cm³/mol. The van der Waals surface area contributed by atoms with Gasteiger partial charge in [-0.1, -0.05) is 18.2 Å². The zero-order valence-corrected chi connectivity index (χ0v) is 14.0. The van der Waals surface area contributed by atoms with Crippen LogP contribution in [0.15, 0.2) is 48.5 Å². The number of carboxylic acid groups (broad SMARTS) is 1. The van der Waals surface area contributed by atoms with E-state index in [1.807, 2.05) is 6.07 Å². The normalized spacial score (nSPS) is 11.1. The molecule has 0 saturated heterocycles. The van der Waals surface area contributed by atoms with E-state index in [-0.39, 0.29) is 17.9 Å². The average Bonchev–Trinajstić information content (AvgIpc) is 2.61. The van der Waals surface area contributed by atoms with E-state index in [1.165, 1.54) is 19.1 Å². The number of benzene rings is 2. The van der Waals surface area contributed by atoms with Crippen LogP contribution in [0.2, 0.25) is 0 Å². The summed E-state index contributed by atoms with van der Waals surface area (Å²) in [6.45, 7) is 1.37. The largest absolute Gasteiger partial charge is 0.480 e. The Morgan fingerprint density at radius 2 is 1.77 bits per heavy atom. The summed E-state index contributed by atoms with van der Waals surface area (Å²) < 4.78 is 0. The van der Waals surface area contributed by atoms with Gasteiger partial charge in [-0.05, 0) is 35.9 Å². The monoisotopic (exact) mass is 351 g/mol. The first-order valence-corrected chi connectivity index (χ1v) is 7.80. The molecule has 7 heteroatoms. The van der Waals surface area contributed by atoms with Crippen molar-refractivity contribution in [3.63, 3.8) is 0 Å². The first-order chi connectivity index (χ1) is 12.4. The van der Waals surface area contributed by atoms with Crippen LogP contribution < -0.4 is 10.6 Å². The lowest BCUT2D eigenvalue weighted by atomic mass is 10.0. The van der Waals surface area contributed by atoms with E-state index in [4.69, 9.17) is 5.26 Å². The van der Waals surface area contributed by atoms with Crippen LogP contribution in [0.4, 0.5) is 5.69 Å². The Morgan fingerprint density at radius 1 is 1.12 bits per heavy atom. The molecular formula is C19H17N3O4. The van der Waals surface area contributed by atoms with Gasteiger partial charge in [0.1, 0.15) is 6.04 Å². The molecule has 0 bridgehead atoms. The van der Waals surface area contributed by atoms with E-state index in [9.17, 15) is 19.5 Å². The highest BCUT2D eigenvalue weighted by Gasteiger charge is 2.22. The predicted octanol–water partition coefficient (Wildman–Crippen LogP) is 1.94. The topological polar surface area (TPSA) is 119 Å². The second-order valence-corrected chi connectivity index (χ2v) is 5.60. The number of rotatable bonds is 6. The second kappa shape index (κ2) is 8.44. The molecule has 0 radical (unpaired) electrons. The van der Waals surface area contributed by atoms with Crippen LogP contribution in [-0.4, -0.2) is 28.9 Å². The third-order valence-corrected chi connectivity index (χ3v) is 3.63. The number of aliphatic carboxylic acids is 1. The van der Waals surface area contributed by atoms with Gasteiger partial charge in [0, 0.05) is 24.6 Å². The molecule has 2 aromatic carbocycles. The lowest BCUT2D eigenvalue weighted by Gasteiger charge is -2.15. The summed E-state index contributed by atoms with van der Waals surface area (Å²) in [6, 6.07) is 13.6. The molecule has 0 aliphatic rings. The smallest absolute Gasteiger partial charge is 0.326 e. The van der Waals surface area contributed by atoms with Crippen molar-refractivity contribution < 1.29 is 19.5 Å². The van der Waals surface area contributed by atoms with Crippen molar-refractivity contribution >= 4 is 23.5 Å². The third-order valence-electron chi connectivity index (χ3n) is 3.63. The molecule has 0 aliphatic carbocycles. The Kier molecular flexibility index (Phi) is 6.06. The minimum absolute atomic E-state index is 0.00518. The van der Waals surface area contributed by atoms with Gasteiger partial charge in [-0.15, -0.1) is 0 Å². The number of carbonyl (C=O) groups excluding carboxylic acids is 2. The minimum Gasteiger partial charge on any atom is -0.480 e. The number of nitriles is 1. The van der Waals surface area contributed by atoms with Gasteiger partial charge in [-0.2, -0.15) is 5.26 Å². The highest BCUT2D eigenvalue weighted by molar-refractivity contribution is 5.97. The zero-order valence-electron chi connectivity index (χ0n) is 14.0. The third kappa shape index (κ3) is 4.92. The van der Waals surface area contributed by atoms with Gasteiger partial charge < -0.3 is 15.7 Å². The molecule has 2 amide bonds. The van der Waals surface area contributed by atoms with Crippen molar-refractivity contribution in [2.24, 2.45) is 0 Å². The molecule has 26 heavy (non-hydrogen) atoms. The Hall–Kier alpha value is -3.66. The molecule has 0 unspecified atom stereocenters. The molecular weight excluding hydrogens is 334 g/mol. The number of anilines is 1. The van der Waals surface area contributed by atoms with Crippen LogP contribution in [-0.2, 0) is 16.0 Å². The molecule has 0 aliphatic heterocycles.